The quantitative estimate of drug-likeness (QED) is 0.768. The Morgan fingerprint density at radius 1 is 1.25 bits per heavy atom. The van der Waals surface area contributed by atoms with Gasteiger partial charge < -0.3 is 5.32 Å². The molecule has 1 unspecified atom stereocenters. The maximum Gasteiger partial charge on any atom is 0.228 e. The van der Waals surface area contributed by atoms with Crippen molar-refractivity contribution < 1.29 is 13.2 Å². The summed E-state index contributed by atoms with van der Waals surface area (Å²) in [6, 6.07) is 7.86. The van der Waals surface area contributed by atoms with Crippen molar-refractivity contribution in [2.45, 2.75) is 58.9 Å². The summed E-state index contributed by atoms with van der Waals surface area (Å²) in [5.41, 5.74) is 4.60. The Labute approximate surface area is 167 Å². The van der Waals surface area contributed by atoms with Crippen LogP contribution in [0.3, 0.4) is 0 Å². The summed E-state index contributed by atoms with van der Waals surface area (Å²) in [4.78, 5) is 12.5. The standard InChI is InChI=1S/C21H29N3O3S/c1-4-5-6-17-7-9-18(10-8-17)22-21(25)13-20-15(2)23-24(16(20)3)19-11-12-28(26,27)14-19/h7-10,19H,4-6,11-14H2,1-3H3,(H,22,25). The Hall–Kier alpha value is -2.15. The smallest absolute Gasteiger partial charge is 0.228 e. The molecule has 1 aliphatic heterocycles. The number of anilines is 1. The first-order valence-corrected chi connectivity index (χ1v) is 11.7. The summed E-state index contributed by atoms with van der Waals surface area (Å²) in [5, 5.41) is 7.48. The highest BCUT2D eigenvalue weighted by Gasteiger charge is 2.31. The maximum absolute atomic E-state index is 12.5. The van der Waals surface area contributed by atoms with Crippen molar-refractivity contribution in [3.63, 3.8) is 0 Å². The molecule has 0 radical (unpaired) electrons. The van der Waals surface area contributed by atoms with E-state index in [0.29, 0.717) is 6.42 Å². The second-order valence-corrected chi connectivity index (χ2v) is 9.90. The first kappa shape index (κ1) is 20.6. The second-order valence-electron chi connectivity index (χ2n) is 7.68. The van der Waals surface area contributed by atoms with Gasteiger partial charge in [-0.05, 0) is 50.8 Å². The topological polar surface area (TPSA) is 81.1 Å². The van der Waals surface area contributed by atoms with Crippen molar-refractivity contribution in [1.29, 1.82) is 0 Å². The van der Waals surface area contributed by atoms with Crippen LogP contribution in [0.1, 0.15) is 54.7 Å². The predicted molar refractivity (Wildman–Crippen MR) is 111 cm³/mol. The molecule has 1 aliphatic rings. The number of carbonyl (C=O) groups excluding carboxylic acids is 1. The van der Waals surface area contributed by atoms with Crippen molar-refractivity contribution in [3.05, 3.63) is 46.8 Å². The summed E-state index contributed by atoms with van der Waals surface area (Å²) in [7, 11) is -2.98. The summed E-state index contributed by atoms with van der Waals surface area (Å²) >= 11 is 0. The zero-order valence-corrected chi connectivity index (χ0v) is 17.7. The summed E-state index contributed by atoms with van der Waals surface area (Å²) < 4.78 is 25.3. The Bertz CT molecular complexity index is 946. The minimum atomic E-state index is -2.98. The average molecular weight is 404 g/mol. The van der Waals surface area contributed by atoms with Crippen LogP contribution in [0.15, 0.2) is 24.3 Å². The monoisotopic (exact) mass is 403 g/mol. The van der Waals surface area contributed by atoms with E-state index < -0.39 is 9.84 Å². The van der Waals surface area contributed by atoms with Gasteiger partial charge in [0.1, 0.15) is 0 Å². The lowest BCUT2D eigenvalue weighted by atomic mass is 10.1. The number of hydrogen-bond donors (Lipinski definition) is 1. The zero-order valence-electron chi connectivity index (χ0n) is 16.9. The molecular weight excluding hydrogens is 374 g/mol. The molecule has 0 spiro atoms. The van der Waals surface area contributed by atoms with E-state index in [-0.39, 0.29) is 29.9 Å². The van der Waals surface area contributed by atoms with E-state index >= 15 is 0 Å². The highest BCUT2D eigenvalue weighted by Crippen LogP contribution is 2.27. The van der Waals surface area contributed by atoms with Crippen molar-refractivity contribution in [2.24, 2.45) is 0 Å². The molecular formula is C21H29N3O3S. The van der Waals surface area contributed by atoms with Crippen LogP contribution in [0.4, 0.5) is 5.69 Å². The normalized spacial score (nSPS) is 18.3. The first-order valence-electron chi connectivity index (χ1n) is 9.93. The van der Waals surface area contributed by atoms with Gasteiger partial charge in [-0.1, -0.05) is 25.5 Å². The molecule has 1 aromatic heterocycles. The highest BCUT2D eigenvalue weighted by atomic mass is 32.2. The average Bonchev–Trinajstić information content (AvgIpc) is 3.14. The Morgan fingerprint density at radius 3 is 2.57 bits per heavy atom. The molecule has 152 valence electrons. The molecule has 1 amide bonds. The van der Waals surface area contributed by atoms with Crippen LogP contribution in [0.5, 0.6) is 0 Å². The molecule has 0 bridgehead atoms. The molecule has 7 heteroatoms. The van der Waals surface area contributed by atoms with Gasteiger partial charge in [-0.15, -0.1) is 0 Å². The summed E-state index contributed by atoms with van der Waals surface area (Å²) in [5.74, 6) is 0.247. The SMILES string of the molecule is CCCCc1ccc(NC(=O)Cc2c(C)nn(C3CCS(=O)(=O)C3)c2C)cc1. The Kier molecular flexibility index (Phi) is 6.23. The van der Waals surface area contributed by atoms with Crippen molar-refractivity contribution >= 4 is 21.4 Å². The van der Waals surface area contributed by atoms with Crippen molar-refractivity contribution in [2.75, 3.05) is 16.8 Å². The van der Waals surface area contributed by atoms with Gasteiger partial charge in [0.2, 0.25) is 5.91 Å². The fraction of sp³-hybridized carbons (Fsp3) is 0.524. The van der Waals surface area contributed by atoms with Gasteiger partial charge in [-0.2, -0.15) is 5.10 Å². The molecule has 1 saturated heterocycles. The van der Waals surface area contributed by atoms with E-state index in [4.69, 9.17) is 0 Å². The number of hydrogen-bond acceptors (Lipinski definition) is 4. The van der Waals surface area contributed by atoms with Crippen LogP contribution in [0.2, 0.25) is 0 Å². The molecule has 6 nitrogen and oxygen atoms in total. The lowest BCUT2D eigenvalue weighted by Crippen LogP contribution is -2.16. The van der Waals surface area contributed by atoms with Crippen molar-refractivity contribution in [3.8, 4) is 0 Å². The number of aryl methyl sites for hydroxylation is 2. The van der Waals surface area contributed by atoms with Gasteiger partial charge >= 0.3 is 0 Å². The minimum Gasteiger partial charge on any atom is -0.326 e. The van der Waals surface area contributed by atoms with Gasteiger partial charge in [0.05, 0.1) is 29.7 Å². The van der Waals surface area contributed by atoms with Crippen LogP contribution >= 0.6 is 0 Å². The van der Waals surface area contributed by atoms with Gasteiger partial charge in [0.15, 0.2) is 9.84 Å². The summed E-state index contributed by atoms with van der Waals surface area (Å²) in [6.07, 6.45) is 4.20. The van der Waals surface area contributed by atoms with Crippen molar-refractivity contribution in [1.82, 2.24) is 9.78 Å². The number of rotatable bonds is 7. The lowest BCUT2D eigenvalue weighted by molar-refractivity contribution is -0.115. The van der Waals surface area contributed by atoms with E-state index in [1.165, 1.54) is 5.56 Å². The number of nitrogens with zero attached hydrogens (tertiary/aromatic N) is 2. The van der Waals surface area contributed by atoms with Crippen LogP contribution < -0.4 is 5.32 Å². The van der Waals surface area contributed by atoms with Crippen LogP contribution in [0, 0.1) is 13.8 Å². The zero-order chi connectivity index (χ0) is 20.3. The number of amides is 1. The molecule has 0 aliphatic carbocycles. The molecule has 0 saturated carbocycles. The Balaban J connectivity index is 1.66. The third-order valence-electron chi connectivity index (χ3n) is 5.42. The minimum absolute atomic E-state index is 0.0916. The molecule has 28 heavy (non-hydrogen) atoms. The number of nitrogens with one attached hydrogen (secondary N) is 1. The number of benzene rings is 1. The van der Waals surface area contributed by atoms with Gasteiger partial charge in [0.25, 0.3) is 0 Å². The second kappa shape index (κ2) is 8.47. The fourth-order valence-corrected chi connectivity index (χ4v) is 5.47. The first-order chi connectivity index (χ1) is 13.3. The van der Waals surface area contributed by atoms with E-state index in [0.717, 1.165) is 41.9 Å². The molecule has 2 aromatic rings. The predicted octanol–water partition coefficient (Wildman–Crippen LogP) is 3.38. The number of sulfone groups is 1. The molecule has 1 N–H and O–H groups in total. The third-order valence-corrected chi connectivity index (χ3v) is 7.17. The van der Waals surface area contributed by atoms with Gasteiger partial charge in [-0.25, -0.2) is 8.42 Å². The molecule has 3 rings (SSSR count). The summed E-state index contributed by atoms with van der Waals surface area (Å²) in [6.45, 7) is 5.96. The largest absolute Gasteiger partial charge is 0.326 e. The Morgan fingerprint density at radius 2 is 1.96 bits per heavy atom. The van der Waals surface area contributed by atoms with Gasteiger partial charge in [-0.3, -0.25) is 9.48 Å². The third kappa shape index (κ3) is 4.82. The van der Waals surface area contributed by atoms with E-state index in [1.807, 2.05) is 26.0 Å². The molecule has 2 heterocycles. The van der Waals surface area contributed by atoms with E-state index in [1.54, 1.807) is 4.68 Å². The molecule has 1 atom stereocenters. The van der Waals surface area contributed by atoms with E-state index in [9.17, 15) is 13.2 Å². The maximum atomic E-state index is 12.5. The highest BCUT2D eigenvalue weighted by molar-refractivity contribution is 7.91. The lowest BCUT2D eigenvalue weighted by Gasteiger charge is -2.11. The number of aromatic nitrogens is 2. The van der Waals surface area contributed by atoms with E-state index in [2.05, 4.69) is 29.5 Å². The molecule has 1 fully saturated rings. The van der Waals surface area contributed by atoms with Crippen LogP contribution in [0.25, 0.3) is 0 Å². The number of carbonyl (C=O) groups is 1. The molecule has 1 aromatic carbocycles. The number of unbranched alkanes of at least 4 members (excludes halogenated alkanes) is 1. The van der Waals surface area contributed by atoms with Gasteiger partial charge in [0, 0.05) is 16.9 Å². The van der Waals surface area contributed by atoms with Crippen LogP contribution in [-0.4, -0.2) is 35.6 Å². The van der Waals surface area contributed by atoms with Crippen LogP contribution in [-0.2, 0) is 27.5 Å². The fourth-order valence-electron chi connectivity index (χ4n) is 3.78.